The summed E-state index contributed by atoms with van der Waals surface area (Å²) in [5.74, 6) is 1.39. The highest BCUT2D eigenvalue weighted by Gasteiger charge is 2.21. The lowest BCUT2D eigenvalue weighted by molar-refractivity contribution is 0.168. The first-order valence-corrected chi connectivity index (χ1v) is 8.48. The molecule has 1 aliphatic rings. The highest BCUT2D eigenvalue weighted by Crippen LogP contribution is 2.29. The largest absolute Gasteiger partial charge is 0.493 e. The number of nitrogens with zero attached hydrogens (tertiary/aromatic N) is 1. The molecule has 1 heterocycles. The van der Waals surface area contributed by atoms with Gasteiger partial charge in [0.25, 0.3) is 0 Å². The fourth-order valence-corrected chi connectivity index (χ4v) is 3.11. The molecule has 0 atom stereocenters. The van der Waals surface area contributed by atoms with Gasteiger partial charge in [-0.15, -0.1) is 0 Å². The van der Waals surface area contributed by atoms with Crippen molar-refractivity contribution in [1.82, 2.24) is 10.2 Å². The molecule has 0 unspecified atom stereocenters. The normalized spacial score (nSPS) is 16.2. The van der Waals surface area contributed by atoms with Crippen LogP contribution in [0.2, 0.25) is 0 Å². The highest BCUT2D eigenvalue weighted by atomic mass is 32.1. The number of anilines is 1. The van der Waals surface area contributed by atoms with Gasteiger partial charge in [-0.2, -0.15) is 0 Å². The maximum Gasteiger partial charge on any atom is 0.170 e. The maximum atomic E-state index is 5.43. The Morgan fingerprint density at radius 2 is 1.83 bits per heavy atom. The van der Waals surface area contributed by atoms with E-state index in [9.17, 15) is 0 Å². The zero-order valence-corrected chi connectivity index (χ0v) is 15.2. The first-order chi connectivity index (χ1) is 11.0. The van der Waals surface area contributed by atoms with Crippen LogP contribution < -0.4 is 20.1 Å². The number of thiocarbonyl (C=S) groups is 1. The summed E-state index contributed by atoms with van der Waals surface area (Å²) in [5.41, 5.74) is 0.889. The third-order valence-corrected chi connectivity index (χ3v) is 4.46. The number of benzene rings is 1. The van der Waals surface area contributed by atoms with Crippen molar-refractivity contribution < 1.29 is 9.47 Å². The van der Waals surface area contributed by atoms with Crippen molar-refractivity contribution in [3.8, 4) is 11.5 Å². The van der Waals surface area contributed by atoms with Crippen LogP contribution in [0.5, 0.6) is 11.5 Å². The van der Waals surface area contributed by atoms with Gasteiger partial charge in [0.2, 0.25) is 0 Å². The summed E-state index contributed by atoms with van der Waals surface area (Å²) in [5, 5.41) is 7.29. The zero-order valence-electron chi connectivity index (χ0n) is 14.4. The summed E-state index contributed by atoms with van der Waals surface area (Å²) in [6.07, 6.45) is 2.23. The van der Waals surface area contributed by atoms with Gasteiger partial charge >= 0.3 is 0 Å². The zero-order chi connectivity index (χ0) is 16.8. The number of nitrogens with one attached hydrogen (secondary N) is 2. The van der Waals surface area contributed by atoms with Crippen LogP contribution in [0.4, 0.5) is 5.69 Å². The Hall–Kier alpha value is -1.53. The summed E-state index contributed by atoms with van der Waals surface area (Å²) in [4.78, 5) is 2.50. The number of hydrogen-bond acceptors (Lipinski definition) is 4. The topological polar surface area (TPSA) is 45.8 Å². The molecule has 0 radical (unpaired) electrons. The number of methoxy groups -OCH3 is 2. The molecule has 2 rings (SSSR count). The number of rotatable bonds is 5. The summed E-state index contributed by atoms with van der Waals surface area (Å²) < 4.78 is 10.5. The second-order valence-corrected chi connectivity index (χ2v) is 6.48. The number of likely N-dealkylation sites (tertiary alicyclic amines) is 1. The SMILES string of the molecule is COc1ccc(NC(=S)NC2CCN(C(C)C)CC2)cc1OC. The molecule has 2 N–H and O–H groups in total. The van der Waals surface area contributed by atoms with Gasteiger partial charge in [-0.1, -0.05) is 0 Å². The Bertz CT molecular complexity index is 529. The summed E-state index contributed by atoms with van der Waals surface area (Å²) >= 11 is 5.43. The molecule has 1 saturated heterocycles. The lowest BCUT2D eigenvalue weighted by atomic mass is 10.0. The van der Waals surface area contributed by atoms with Gasteiger partial charge in [-0.3, -0.25) is 0 Å². The molecule has 23 heavy (non-hydrogen) atoms. The van der Waals surface area contributed by atoms with E-state index in [1.165, 1.54) is 0 Å². The van der Waals surface area contributed by atoms with Crippen LogP contribution in [-0.2, 0) is 0 Å². The van der Waals surface area contributed by atoms with Gasteiger partial charge in [0.15, 0.2) is 16.6 Å². The molecule has 0 aromatic heterocycles. The van der Waals surface area contributed by atoms with Gasteiger partial charge in [-0.05, 0) is 51.0 Å². The molecule has 1 fully saturated rings. The van der Waals surface area contributed by atoms with Crippen LogP contribution in [0.1, 0.15) is 26.7 Å². The minimum absolute atomic E-state index is 0.435. The Labute approximate surface area is 144 Å². The van der Waals surface area contributed by atoms with Crippen molar-refractivity contribution in [3.63, 3.8) is 0 Å². The summed E-state index contributed by atoms with van der Waals surface area (Å²) in [6.45, 7) is 6.73. The quantitative estimate of drug-likeness (QED) is 0.806. The number of hydrogen-bond donors (Lipinski definition) is 2. The molecule has 1 aromatic carbocycles. The molecular formula is C17H27N3O2S. The molecule has 0 aliphatic carbocycles. The van der Waals surface area contributed by atoms with Crippen LogP contribution in [0.3, 0.4) is 0 Å². The fourth-order valence-electron chi connectivity index (χ4n) is 2.83. The van der Waals surface area contributed by atoms with E-state index in [1.807, 2.05) is 18.2 Å². The van der Waals surface area contributed by atoms with Crippen molar-refractivity contribution in [3.05, 3.63) is 18.2 Å². The predicted octanol–water partition coefficient (Wildman–Crippen LogP) is 2.86. The molecule has 5 nitrogen and oxygen atoms in total. The van der Waals surface area contributed by atoms with Gasteiger partial charge in [0.05, 0.1) is 14.2 Å². The monoisotopic (exact) mass is 337 g/mol. The second-order valence-electron chi connectivity index (χ2n) is 6.07. The maximum absolute atomic E-state index is 5.43. The molecule has 128 valence electrons. The molecule has 1 aromatic rings. The standard InChI is InChI=1S/C17H27N3O2S/c1-12(2)20-9-7-13(8-10-20)18-17(23)19-14-5-6-15(21-3)16(11-14)22-4/h5-6,11-13H,7-10H2,1-4H3,(H2,18,19,23). The molecule has 0 saturated carbocycles. The molecule has 1 aliphatic heterocycles. The van der Waals surface area contributed by atoms with E-state index in [1.54, 1.807) is 14.2 Å². The van der Waals surface area contributed by atoms with Crippen molar-refractivity contribution in [1.29, 1.82) is 0 Å². The first kappa shape index (κ1) is 17.8. The minimum Gasteiger partial charge on any atom is -0.493 e. The molecule has 0 spiro atoms. The summed E-state index contributed by atoms with van der Waals surface area (Å²) in [7, 11) is 3.25. The molecular weight excluding hydrogens is 310 g/mol. The number of ether oxygens (including phenoxy) is 2. The average molecular weight is 337 g/mol. The fraction of sp³-hybridized carbons (Fsp3) is 0.588. The Morgan fingerprint density at radius 3 is 2.39 bits per heavy atom. The molecule has 0 bridgehead atoms. The Kier molecular flexibility index (Phi) is 6.47. The molecule has 6 heteroatoms. The highest BCUT2D eigenvalue weighted by molar-refractivity contribution is 7.80. The third kappa shape index (κ3) is 4.97. The van der Waals surface area contributed by atoms with E-state index >= 15 is 0 Å². The van der Waals surface area contributed by atoms with Crippen LogP contribution in [0, 0.1) is 0 Å². The van der Waals surface area contributed by atoms with Crippen molar-refractivity contribution in [2.75, 3.05) is 32.6 Å². The average Bonchev–Trinajstić information content (AvgIpc) is 2.55. The van der Waals surface area contributed by atoms with Gasteiger partial charge < -0.3 is 25.0 Å². The Morgan fingerprint density at radius 1 is 1.17 bits per heavy atom. The van der Waals surface area contributed by atoms with Gasteiger partial charge in [-0.25, -0.2) is 0 Å². The summed E-state index contributed by atoms with van der Waals surface area (Å²) in [6, 6.07) is 6.73. The van der Waals surface area contributed by atoms with E-state index in [0.29, 0.717) is 28.7 Å². The van der Waals surface area contributed by atoms with Gasteiger partial charge in [0.1, 0.15) is 0 Å². The minimum atomic E-state index is 0.435. The van der Waals surface area contributed by atoms with E-state index in [0.717, 1.165) is 31.6 Å². The first-order valence-electron chi connectivity index (χ1n) is 8.07. The van der Waals surface area contributed by atoms with E-state index in [2.05, 4.69) is 29.4 Å². The van der Waals surface area contributed by atoms with Crippen LogP contribution in [-0.4, -0.2) is 49.4 Å². The second kappa shape index (κ2) is 8.36. The predicted molar refractivity (Wildman–Crippen MR) is 98.6 cm³/mol. The lowest BCUT2D eigenvalue weighted by Gasteiger charge is -2.35. The van der Waals surface area contributed by atoms with Crippen molar-refractivity contribution in [2.45, 2.75) is 38.8 Å². The van der Waals surface area contributed by atoms with E-state index in [4.69, 9.17) is 21.7 Å². The smallest absolute Gasteiger partial charge is 0.170 e. The van der Waals surface area contributed by atoms with Crippen LogP contribution in [0.15, 0.2) is 18.2 Å². The molecule has 0 amide bonds. The van der Waals surface area contributed by atoms with Crippen LogP contribution >= 0.6 is 12.2 Å². The van der Waals surface area contributed by atoms with E-state index in [-0.39, 0.29) is 0 Å². The number of piperidine rings is 1. The van der Waals surface area contributed by atoms with Crippen LogP contribution in [0.25, 0.3) is 0 Å². The van der Waals surface area contributed by atoms with E-state index < -0.39 is 0 Å². The lowest BCUT2D eigenvalue weighted by Crippen LogP contribution is -2.47. The third-order valence-electron chi connectivity index (χ3n) is 4.24. The Balaban J connectivity index is 1.86. The van der Waals surface area contributed by atoms with Gasteiger partial charge in [0, 0.05) is 36.9 Å². The van der Waals surface area contributed by atoms with Crippen molar-refractivity contribution in [2.24, 2.45) is 0 Å². The van der Waals surface area contributed by atoms with Crippen molar-refractivity contribution >= 4 is 23.0 Å².